The van der Waals surface area contributed by atoms with Gasteiger partial charge in [-0.1, -0.05) is 12.1 Å². The third-order valence-electron chi connectivity index (χ3n) is 7.58. The smallest absolute Gasteiger partial charge is 0.335 e. The van der Waals surface area contributed by atoms with E-state index < -0.39 is 11.8 Å². The van der Waals surface area contributed by atoms with E-state index in [9.17, 15) is 19.1 Å². The molecule has 0 bridgehead atoms. The molecule has 0 saturated carbocycles. The molecule has 1 fully saturated rings. The van der Waals surface area contributed by atoms with Gasteiger partial charge >= 0.3 is 5.97 Å². The summed E-state index contributed by atoms with van der Waals surface area (Å²) in [5, 5.41) is 24.5. The first-order valence-electron chi connectivity index (χ1n) is 14.9. The Morgan fingerprint density at radius 3 is 2.65 bits per heavy atom. The highest BCUT2D eigenvalue weighted by atomic mass is 19.1. The second kappa shape index (κ2) is 15.0. The number of nitrogens with one attached hydrogen (secondary N) is 2. The fraction of sp³-hybridized carbons (Fsp3) is 0.303. The van der Waals surface area contributed by atoms with Crippen molar-refractivity contribution in [2.45, 2.75) is 45.6 Å². The molecule has 3 N–H and O–H groups in total. The molecule has 1 amide bonds. The number of carbonyl (C=O) groups excluding carboxylic acids is 1. The summed E-state index contributed by atoms with van der Waals surface area (Å²) in [6.45, 7) is 4.56. The van der Waals surface area contributed by atoms with Crippen LogP contribution in [0.2, 0.25) is 0 Å². The number of aromatic nitrogens is 3. The lowest BCUT2D eigenvalue weighted by Gasteiger charge is -2.31. The number of carboxylic acid groups (broad SMARTS) is 1. The molecule has 1 aliphatic rings. The van der Waals surface area contributed by atoms with E-state index in [4.69, 9.17) is 14.7 Å². The molecule has 4 aromatic rings. The van der Waals surface area contributed by atoms with Crippen molar-refractivity contribution < 1.29 is 28.6 Å². The van der Waals surface area contributed by atoms with Crippen molar-refractivity contribution in [3.05, 3.63) is 95.3 Å². The van der Waals surface area contributed by atoms with Crippen LogP contribution in [0.5, 0.6) is 11.8 Å². The minimum absolute atomic E-state index is 0.0415. The van der Waals surface area contributed by atoms with Gasteiger partial charge in [0.1, 0.15) is 18.5 Å². The van der Waals surface area contributed by atoms with Crippen LogP contribution in [0, 0.1) is 17.1 Å². The number of amides is 1. The number of halogens is 1. The van der Waals surface area contributed by atoms with Crippen molar-refractivity contribution in [2.75, 3.05) is 30.3 Å². The average Bonchev–Trinajstić information content (AvgIpc) is 3.52. The molecule has 0 spiro atoms. The van der Waals surface area contributed by atoms with Gasteiger partial charge < -0.3 is 29.8 Å². The number of nitriles is 1. The molecule has 0 radical (unpaired) electrons. The Hall–Kier alpha value is -5.48. The van der Waals surface area contributed by atoms with Gasteiger partial charge in [-0.15, -0.1) is 0 Å². The van der Waals surface area contributed by atoms with E-state index in [1.54, 1.807) is 36.8 Å². The Labute approximate surface area is 265 Å². The highest BCUT2D eigenvalue weighted by Gasteiger charge is 2.23. The molecule has 2 aromatic carbocycles. The van der Waals surface area contributed by atoms with Gasteiger partial charge in [0, 0.05) is 43.5 Å². The molecule has 12 nitrogen and oxygen atoms in total. The number of pyridine rings is 1. The minimum atomic E-state index is -1.06. The summed E-state index contributed by atoms with van der Waals surface area (Å²) in [6.07, 6.45) is 4.73. The Morgan fingerprint density at radius 1 is 1.11 bits per heavy atom. The number of carboxylic acids is 1. The van der Waals surface area contributed by atoms with E-state index in [-0.39, 0.29) is 42.2 Å². The summed E-state index contributed by atoms with van der Waals surface area (Å²) < 4.78 is 27.9. The number of rotatable bonds is 13. The van der Waals surface area contributed by atoms with Gasteiger partial charge in [0.2, 0.25) is 17.7 Å². The number of ether oxygens (including phenoxy) is 2. The summed E-state index contributed by atoms with van der Waals surface area (Å²) in [4.78, 5) is 35.2. The highest BCUT2D eigenvalue weighted by Crippen LogP contribution is 2.25. The van der Waals surface area contributed by atoms with Crippen LogP contribution in [0.4, 0.5) is 15.8 Å². The number of hydrogen-bond acceptors (Lipinski definition) is 9. The lowest BCUT2D eigenvalue weighted by molar-refractivity contribution is -0.117. The van der Waals surface area contributed by atoms with Crippen molar-refractivity contribution in [3.8, 4) is 17.8 Å². The standard InChI is InChI=1S/C33H34FN7O5/c1-2-41-21-36-17-25(41)18-37-29-15-23(33(43)44)8-9-28(29)38-30(42)19-40-12-10-26(11-13-40)46-32-5-3-4-31(39-32)45-20-24-7-6-22(16-35)14-27(24)34/h3-9,14-15,17,21,26,37H,2,10-13,18-20H2,1H3,(H,38,42)(H,43,44). The molecule has 0 unspecified atom stereocenters. The number of likely N-dealkylation sites (tertiary alicyclic amines) is 1. The first-order valence-corrected chi connectivity index (χ1v) is 14.9. The van der Waals surface area contributed by atoms with Crippen LogP contribution in [0.25, 0.3) is 0 Å². The number of aryl methyl sites for hydroxylation is 1. The summed E-state index contributed by atoms with van der Waals surface area (Å²) >= 11 is 0. The van der Waals surface area contributed by atoms with Crippen molar-refractivity contribution in [1.29, 1.82) is 5.26 Å². The van der Waals surface area contributed by atoms with Crippen molar-refractivity contribution in [1.82, 2.24) is 19.4 Å². The molecule has 0 aliphatic carbocycles. The largest absolute Gasteiger partial charge is 0.478 e. The molecule has 46 heavy (non-hydrogen) atoms. The van der Waals surface area contributed by atoms with Crippen LogP contribution in [0.1, 0.15) is 46.9 Å². The fourth-order valence-corrected chi connectivity index (χ4v) is 5.07. The molecule has 238 valence electrons. The maximum absolute atomic E-state index is 14.2. The molecule has 2 aromatic heterocycles. The zero-order chi connectivity index (χ0) is 32.5. The zero-order valence-corrected chi connectivity index (χ0v) is 25.3. The second-order valence-corrected chi connectivity index (χ2v) is 10.8. The maximum atomic E-state index is 14.2. The van der Waals surface area contributed by atoms with Crippen LogP contribution in [-0.2, 0) is 24.5 Å². The number of benzene rings is 2. The number of carbonyl (C=O) groups is 2. The summed E-state index contributed by atoms with van der Waals surface area (Å²) in [5.74, 6) is -1.11. The van der Waals surface area contributed by atoms with Gasteiger partial charge in [-0.3, -0.25) is 9.69 Å². The second-order valence-electron chi connectivity index (χ2n) is 10.8. The van der Waals surface area contributed by atoms with E-state index in [0.717, 1.165) is 12.2 Å². The lowest BCUT2D eigenvalue weighted by atomic mass is 10.1. The number of hydrogen-bond donors (Lipinski definition) is 3. The molecule has 0 atom stereocenters. The minimum Gasteiger partial charge on any atom is -0.478 e. The quantitative estimate of drug-likeness (QED) is 0.190. The van der Waals surface area contributed by atoms with E-state index in [0.29, 0.717) is 55.3 Å². The number of anilines is 2. The topological polar surface area (TPSA) is 155 Å². The van der Waals surface area contributed by atoms with Crippen LogP contribution >= 0.6 is 0 Å². The maximum Gasteiger partial charge on any atom is 0.335 e. The normalized spacial score (nSPS) is 13.5. The SMILES string of the molecule is CCn1cncc1CNc1cc(C(=O)O)ccc1NC(=O)CN1CCC(Oc2cccc(OCc3ccc(C#N)cc3F)n2)CC1. The summed E-state index contributed by atoms with van der Waals surface area (Å²) in [6, 6.07) is 15.8. The first kappa shape index (κ1) is 31.9. The van der Waals surface area contributed by atoms with Crippen LogP contribution in [0.15, 0.2) is 67.1 Å². The van der Waals surface area contributed by atoms with Crippen LogP contribution in [0.3, 0.4) is 0 Å². The molecule has 3 heterocycles. The van der Waals surface area contributed by atoms with Crippen LogP contribution in [-0.4, -0.2) is 62.2 Å². The lowest BCUT2D eigenvalue weighted by Crippen LogP contribution is -2.42. The van der Waals surface area contributed by atoms with Crippen molar-refractivity contribution >= 4 is 23.3 Å². The van der Waals surface area contributed by atoms with Gasteiger partial charge in [0.25, 0.3) is 0 Å². The number of piperidine rings is 1. The zero-order valence-electron chi connectivity index (χ0n) is 25.3. The molecule has 5 rings (SSSR count). The van der Waals surface area contributed by atoms with E-state index in [2.05, 4.69) is 20.6 Å². The van der Waals surface area contributed by atoms with E-state index in [1.807, 2.05) is 22.5 Å². The molecule has 13 heteroatoms. The number of nitrogens with zero attached hydrogens (tertiary/aromatic N) is 5. The third kappa shape index (κ3) is 8.36. The van der Waals surface area contributed by atoms with Gasteiger partial charge in [0.15, 0.2) is 0 Å². The summed E-state index contributed by atoms with van der Waals surface area (Å²) in [5.41, 5.74) is 2.59. The first-order chi connectivity index (χ1) is 22.3. The van der Waals surface area contributed by atoms with Gasteiger partial charge in [-0.25, -0.2) is 14.2 Å². The predicted molar refractivity (Wildman–Crippen MR) is 167 cm³/mol. The molecular formula is C33H34FN7O5. The van der Waals surface area contributed by atoms with Gasteiger partial charge in [-0.05, 0) is 50.1 Å². The van der Waals surface area contributed by atoms with E-state index in [1.165, 1.54) is 30.3 Å². The monoisotopic (exact) mass is 627 g/mol. The highest BCUT2D eigenvalue weighted by molar-refractivity contribution is 5.97. The van der Waals surface area contributed by atoms with E-state index >= 15 is 0 Å². The molecule has 1 aliphatic heterocycles. The number of aromatic carboxylic acids is 1. The Morgan fingerprint density at radius 2 is 1.91 bits per heavy atom. The third-order valence-corrected chi connectivity index (χ3v) is 7.58. The number of imidazole rings is 1. The average molecular weight is 628 g/mol. The summed E-state index contributed by atoms with van der Waals surface area (Å²) in [7, 11) is 0. The fourth-order valence-electron chi connectivity index (χ4n) is 5.07. The Kier molecular flexibility index (Phi) is 10.4. The van der Waals surface area contributed by atoms with Crippen LogP contribution < -0.4 is 20.1 Å². The van der Waals surface area contributed by atoms with Gasteiger partial charge in [-0.2, -0.15) is 10.2 Å². The predicted octanol–water partition coefficient (Wildman–Crippen LogP) is 4.68. The molecule has 1 saturated heterocycles. The molecular weight excluding hydrogens is 593 g/mol. The Bertz CT molecular complexity index is 1730. The van der Waals surface area contributed by atoms with Gasteiger partial charge in [0.05, 0.1) is 53.7 Å². The van der Waals surface area contributed by atoms with Crippen molar-refractivity contribution in [2.24, 2.45) is 0 Å². The van der Waals surface area contributed by atoms with Crippen molar-refractivity contribution in [3.63, 3.8) is 0 Å². The Balaban J connectivity index is 1.11.